The third-order valence-corrected chi connectivity index (χ3v) is 6.81. The molecule has 0 atom stereocenters. The number of likely N-dealkylation sites (N-methyl/N-ethyl adjacent to an activating group) is 1. The quantitative estimate of drug-likeness (QED) is 0.444. The summed E-state index contributed by atoms with van der Waals surface area (Å²) in [6.07, 6.45) is 0. The summed E-state index contributed by atoms with van der Waals surface area (Å²) in [5.74, 6) is 0.250. The van der Waals surface area contributed by atoms with Gasteiger partial charge in [-0.15, -0.1) is 0 Å². The van der Waals surface area contributed by atoms with E-state index >= 15 is 0 Å². The molecule has 2 aliphatic rings. The molecule has 6 nitrogen and oxygen atoms in total. The number of fused-ring (bicyclic) bond motifs is 2. The van der Waals surface area contributed by atoms with E-state index in [1.807, 2.05) is 30.3 Å². The van der Waals surface area contributed by atoms with E-state index in [1.54, 1.807) is 17.0 Å². The smallest absolute Gasteiger partial charge is 0.196 e. The van der Waals surface area contributed by atoms with Gasteiger partial charge in [-0.05, 0) is 37.3 Å². The Morgan fingerprint density at radius 3 is 2.55 bits per heavy atom. The molecular formula is C26H24FN4O2+. The van der Waals surface area contributed by atoms with Gasteiger partial charge in [0.1, 0.15) is 11.3 Å². The van der Waals surface area contributed by atoms with Crippen LogP contribution in [-0.4, -0.2) is 43.7 Å². The Bertz CT molecular complexity index is 1370. The molecule has 1 aliphatic carbocycles. The summed E-state index contributed by atoms with van der Waals surface area (Å²) < 4.78 is 19.3. The Kier molecular flexibility index (Phi) is 4.66. The monoisotopic (exact) mass is 443 g/mol. The first-order chi connectivity index (χ1) is 16.1. The molecule has 4 aromatic rings. The first-order valence-electron chi connectivity index (χ1n) is 11.4. The lowest BCUT2D eigenvalue weighted by Crippen LogP contribution is -3.14. The fourth-order valence-electron chi connectivity index (χ4n) is 4.99. The summed E-state index contributed by atoms with van der Waals surface area (Å²) in [4.78, 5) is 17.5. The number of carbonyl (C=O) groups is 1. The fraction of sp³-hybridized carbons (Fsp3) is 0.231. The molecule has 0 bridgehead atoms. The third-order valence-electron chi connectivity index (χ3n) is 6.81. The van der Waals surface area contributed by atoms with Crippen LogP contribution in [-0.2, 0) is 0 Å². The van der Waals surface area contributed by atoms with Crippen LogP contribution in [0.4, 0.5) is 21.5 Å². The minimum atomic E-state index is -0.305. The highest BCUT2D eigenvalue weighted by Crippen LogP contribution is 2.46. The van der Waals surface area contributed by atoms with Crippen LogP contribution in [0.2, 0.25) is 0 Å². The number of quaternary nitrogens is 1. The minimum absolute atomic E-state index is 0.0669. The Morgan fingerprint density at radius 1 is 1.09 bits per heavy atom. The van der Waals surface area contributed by atoms with Gasteiger partial charge in [0.2, 0.25) is 0 Å². The van der Waals surface area contributed by atoms with Crippen molar-refractivity contribution < 1.29 is 18.6 Å². The molecule has 1 aliphatic heterocycles. The Morgan fingerprint density at radius 2 is 1.82 bits per heavy atom. The topological polar surface area (TPSA) is 62.8 Å². The van der Waals surface area contributed by atoms with Crippen molar-refractivity contribution in [1.29, 1.82) is 0 Å². The third kappa shape index (κ3) is 3.19. The van der Waals surface area contributed by atoms with Gasteiger partial charge in [0.05, 0.1) is 55.0 Å². The molecule has 2 heterocycles. The first kappa shape index (κ1) is 19.9. The molecule has 1 aromatic heterocycles. The van der Waals surface area contributed by atoms with Gasteiger partial charge >= 0.3 is 0 Å². The van der Waals surface area contributed by atoms with Crippen molar-refractivity contribution in [3.8, 4) is 11.3 Å². The van der Waals surface area contributed by atoms with Crippen molar-refractivity contribution in [3.63, 3.8) is 0 Å². The summed E-state index contributed by atoms with van der Waals surface area (Å²) in [6, 6.07) is 15.6. The molecule has 0 amide bonds. The van der Waals surface area contributed by atoms with Crippen molar-refractivity contribution in [2.45, 2.75) is 6.92 Å². The number of ketones is 1. The molecule has 7 heteroatoms. The summed E-state index contributed by atoms with van der Waals surface area (Å²) in [6.45, 7) is 7.22. The van der Waals surface area contributed by atoms with Crippen LogP contribution in [0.3, 0.4) is 0 Å². The zero-order valence-corrected chi connectivity index (χ0v) is 18.3. The lowest BCUT2D eigenvalue weighted by Gasteiger charge is -2.33. The Labute approximate surface area is 190 Å². The second-order valence-electron chi connectivity index (χ2n) is 8.65. The molecule has 0 saturated carbocycles. The van der Waals surface area contributed by atoms with Gasteiger partial charge in [-0.3, -0.25) is 4.79 Å². The summed E-state index contributed by atoms with van der Waals surface area (Å²) in [5, 5.41) is 8.55. The van der Waals surface area contributed by atoms with E-state index in [9.17, 15) is 9.18 Å². The molecule has 2 N–H and O–H groups in total. The second-order valence-corrected chi connectivity index (χ2v) is 8.65. The zero-order valence-electron chi connectivity index (χ0n) is 18.3. The van der Waals surface area contributed by atoms with Gasteiger partial charge in [-0.1, -0.05) is 29.4 Å². The van der Waals surface area contributed by atoms with Crippen molar-refractivity contribution in [3.05, 3.63) is 71.5 Å². The van der Waals surface area contributed by atoms with E-state index in [0.717, 1.165) is 49.4 Å². The molecule has 33 heavy (non-hydrogen) atoms. The number of piperazine rings is 1. The molecule has 3 aromatic carbocycles. The molecule has 0 radical (unpaired) electrons. The number of hydrogen-bond donors (Lipinski definition) is 2. The van der Waals surface area contributed by atoms with Crippen LogP contribution in [0.25, 0.3) is 22.2 Å². The maximum atomic E-state index is 13.6. The highest BCUT2D eigenvalue weighted by atomic mass is 19.1. The van der Waals surface area contributed by atoms with Crippen LogP contribution in [0.15, 0.2) is 59.1 Å². The van der Waals surface area contributed by atoms with E-state index in [-0.39, 0.29) is 11.6 Å². The average Bonchev–Trinajstić information content (AvgIpc) is 3.29. The second kappa shape index (κ2) is 7.71. The molecule has 166 valence electrons. The van der Waals surface area contributed by atoms with Crippen LogP contribution in [0.5, 0.6) is 0 Å². The molecule has 1 fully saturated rings. The normalized spacial score (nSPS) is 15.7. The average molecular weight is 444 g/mol. The number of nitrogens with zero attached hydrogens (tertiary/aromatic N) is 2. The summed E-state index contributed by atoms with van der Waals surface area (Å²) >= 11 is 0. The highest BCUT2D eigenvalue weighted by Gasteiger charge is 2.34. The maximum Gasteiger partial charge on any atom is 0.196 e. The lowest BCUT2D eigenvalue weighted by molar-refractivity contribution is -0.898. The number of halogens is 1. The van der Waals surface area contributed by atoms with Crippen molar-refractivity contribution in [1.82, 2.24) is 5.16 Å². The van der Waals surface area contributed by atoms with E-state index in [0.29, 0.717) is 33.8 Å². The summed E-state index contributed by atoms with van der Waals surface area (Å²) in [5.41, 5.74) is 4.97. The zero-order chi connectivity index (χ0) is 22.5. The predicted octanol–water partition coefficient (Wildman–Crippen LogP) is 3.65. The molecule has 1 saturated heterocycles. The van der Waals surface area contributed by atoms with Crippen LogP contribution in [0.1, 0.15) is 22.8 Å². The van der Waals surface area contributed by atoms with Gasteiger partial charge in [0, 0.05) is 16.8 Å². The number of benzene rings is 3. The van der Waals surface area contributed by atoms with Crippen molar-refractivity contribution in [2.75, 3.05) is 42.9 Å². The van der Waals surface area contributed by atoms with Crippen molar-refractivity contribution in [2.24, 2.45) is 0 Å². The van der Waals surface area contributed by atoms with Gasteiger partial charge in [0.25, 0.3) is 0 Å². The van der Waals surface area contributed by atoms with Crippen molar-refractivity contribution >= 4 is 33.7 Å². The standard InChI is InChI=1S/C26H23FN4O2/c1-2-30-11-13-31(14-12-30)21-15-20(28-17-9-7-16(27)8-10-17)22-23-24(21)29-33-26(23)19-6-4-3-5-18(19)25(22)32/h3-10,15,28H,2,11-14H2,1H3/p+1. The first-order valence-corrected chi connectivity index (χ1v) is 11.4. The maximum absolute atomic E-state index is 13.6. The highest BCUT2D eigenvalue weighted by molar-refractivity contribution is 6.28. The SMILES string of the molecule is CC[NH+]1CCN(c2cc(Nc3ccc(F)cc3)c3c4c(onc24)-c2ccccc2C3=O)CC1. The van der Waals surface area contributed by atoms with Crippen LogP contribution in [0, 0.1) is 5.82 Å². The fourth-order valence-corrected chi connectivity index (χ4v) is 4.99. The molecule has 0 spiro atoms. The number of aromatic nitrogens is 1. The number of rotatable bonds is 4. The van der Waals surface area contributed by atoms with E-state index < -0.39 is 0 Å². The predicted molar refractivity (Wildman–Crippen MR) is 126 cm³/mol. The largest absolute Gasteiger partial charge is 0.358 e. The van der Waals surface area contributed by atoms with Gasteiger partial charge < -0.3 is 19.6 Å². The number of anilines is 3. The van der Waals surface area contributed by atoms with Gasteiger partial charge in [-0.2, -0.15) is 0 Å². The lowest BCUT2D eigenvalue weighted by atomic mass is 9.86. The van der Waals surface area contributed by atoms with Crippen LogP contribution < -0.4 is 15.1 Å². The number of hydrogen-bond acceptors (Lipinski definition) is 5. The van der Waals surface area contributed by atoms with E-state index in [4.69, 9.17) is 4.52 Å². The van der Waals surface area contributed by atoms with Gasteiger partial charge in [0.15, 0.2) is 11.5 Å². The Hall–Kier alpha value is -3.71. The number of carbonyl (C=O) groups excluding carboxylic acids is 1. The molecular weight excluding hydrogens is 419 g/mol. The van der Waals surface area contributed by atoms with Gasteiger partial charge in [-0.25, -0.2) is 4.39 Å². The Balaban J connectivity index is 1.55. The van der Waals surface area contributed by atoms with E-state index in [1.165, 1.54) is 12.1 Å². The number of nitrogens with one attached hydrogen (secondary N) is 2. The molecule has 6 rings (SSSR count). The summed E-state index contributed by atoms with van der Waals surface area (Å²) in [7, 11) is 0. The minimum Gasteiger partial charge on any atom is -0.358 e. The molecule has 0 unspecified atom stereocenters. The van der Waals surface area contributed by atoms with E-state index in [2.05, 4.69) is 22.3 Å². The van der Waals surface area contributed by atoms with Crippen LogP contribution >= 0.6 is 0 Å².